The fourth-order valence-electron chi connectivity index (χ4n) is 3.59. The number of amides is 3. The van der Waals surface area contributed by atoms with Gasteiger partial charge < -0.3 is 25.8 Å². The third kappa shape index (κ3) is 7.19. The van der Waals surface area contributed by atoms with E-state index in [0.717, 1.165) is 38.5 Å². The molecular weight excluding hydrogens is 338 g/mol. The fraction of sp³-hybridized carbons (Fsp3) is 0.833. The maximum atomic E-state index is 12.0. The number of rotatable bonds is 8. The van der Waals surface area contributed by atoms with Gasteiger partial charge in [0.1, 0.15) is 6.04 Å². The third-order valence-corrected chi connectivity index (χ3v) is 5.06. The van der Waals surface area contributed by atoms with Gasteiger partial charge in [0.15, 0.2) is 0 Å². The quantitative estimate of drug-likeness (QED) is 0.483. The first-order valence-electron chi connectivity index (χ1n) is 9.70. The van der Waals surface area contributed by atoms with Crippen LogP contribution in [0.4, 0.5) is 4.79 Å². The zero-order valence-corrected chi connectivity index (χ0v) is 15.3. The van der Waals surface area contributed by atoms with Gasteiger partial charge in [-0.2, -0.15) is 0 Å². The molecule has 2 aliphatic rings. The maximum Gasteiger partial charge on any atom is 0.326 e. The molecule has 0 bridgehead atoms. The highest BCUT2D eigenvalue weighted by Crippen LogP contribution is 2.18. The SMILES string of the molecule is O=C(CCCNC(=O)NC1CCCCC1)NC(C(=O)O)C1CCCOC1. The minimum atomic E-state index is -1.03. The van der Waals surface area contributed by atoms with Gasteiger partial charge in [0.05, 0.1) is 6.61 Å². The lowest BCUT2D eigenvalue weighted by Gasteiger charge is -2.28. The molecule has 1 saturated heterocycles. The van der Waals surface area contributed by atoms with Crippen molar-refractivity contribution in [3.8, 4) is 0 Å². The Morgan fingerprint density at radius 3 is 2.50 bits per heavy atom. The molecule has 1 aliphatic carbocycles. The van der Waals surface area contributed by atoms with Crippen LogP contribution in [0.3, 0.4) is 0 Å². The van der Waals surface area contributed by atoms with Crippen LogP contribution >= 0.6 is 0 Å². The number of carbonyl (C=O) groups excluding carboxylic acids is 2. The van der Waals surface area contributed by atoms with Crippen molar-refractivity contribution in [1.29, 1.82) is 0 Å². The molecule has 0 aromatic heterocycles. The minimum absolute atomic E-state index is 0.182. The second kappa shape index (κ2) is 11.0. The fourth-order valence-corrected chi connectivity index (χ4v) is 3.59. The molecule has 148 valence electrons. The Morgan fingerprint density at radius 1 is 1.08 bits per heavy atom. The molecule has 26 heavy (non-hydrogen) atoms. The van der Waals surface area contributed by atoms with Crippen LogP contribution in [0.1, 0.15) is 57.8 Å². The van der Waals surface area contributed by atoms with Crippen molar-refractivity contribution >= 4 is 17.9 Å². The van der Waals surface area contributed by atoms with Gasteiger partial charge in [-0.3, -0.25) is 4.79 Å². The van der Waals surface area contributed by atoms with Gasteiger partial charge in [0.2, 0.25) is 5.91 Å². The van der Waals surface area contributed by atoms with E-state index in [4.69, 9.17) is 4.74 Å². The molecule has 2 atom stereocenters. The summed E-state index contributed by atoms with van der Waals surface area (Å²) in [6, 6.07) is -0.855. The van der Waals surface area contributed by atoms with Gasteiger partial charge in [0.25, 0.3) is 0 Å². The predicted molar refractivity (Wildman–Crippen MR) is 95.8 cm³/mol. The van der Waals surface area contributed by atoms with E-state index in [1.54, 1.807) is 0 Å². The standard InChI is InChI=1S/C18H31N3O5/c22-15(21-16(17(23)24)13-6-5-11-26-12-13)9-4-10-19-18(25)20-14-7-2-1-3-8-14/h13-14,16H,1-12H2,(H,21,22)(H,23,24)(H2,19,20,25). The Labute approximate surface area is 154 Å². The molecule has 1 heterocycles. The summed E-state index contributed by atoms with van der Waals surface area (Å²) < 4.78 is 5.31. The molecule has 2 unspecified atom stereocenters. The highest BCUT2D eigenvalue weighted by molar-refractivity contribution is 5.83. The summed E-state index contributed by atoms with van der Waals surface area (Å²) in [4.78, 5) is 35.2. The Kier molecular flexibility index (Phi) is 8.67. The molecule has 8 heteroatoms. The predicted octanol–water partition coefficient (Wildman–Crippen LogP) is 1.39. The highest BCUT2D eigenvalue weighted by Gasteiger charge is 2.31. The van der Waals surface area contributed by atoms with Crippen LogP contribution in [0.2, 0.25) is 0 Å². The van der Waals surface area contributed by atoms with E-state index < -0.39 is 12.0 Å². The summed E-state index contributed by atoms with van der Waals surface area (Å²) >= 11 is 0. The van der Waals surface area contributed by atoms with Crippen molar-refractivity contribution in [3.05, 3.63) is 0 Å². The summed E-state index contributed by atoms with van der Waals surface area (Å²) in [5.74, 6) is -1.53. The van der Waals surface area contributed by atoms with Crippen LogP contribution in [0.25, 0.3) is 0 Å². The lowest BCUT2D eigenvalue weighted by Crippen LogP contribution is -2.48. The molecule has 2 fully saturated rings. The Morgan fingerprint density at radius 2 is 1.85 bits per heavy atom. The van der Waals surface area contributed by atoms with Gasteiger partial charge >= 0.3 is 12.0 Å². The molecule has 1 aliphatic heterocycles. The van der Waals surface area contributed by atoms with Crippen molar-refractivity contribution in [2.75, 3.05) is 19.8 Å². The first-order chi connectivity index (χ1) is 12.6. The summed E-state index contributed by atoms with van der Waals surface area (Å²) in [5, 5.41) is 17.6. The molecule has 1 saturated carbocycles. The van der Waals surface area contributed by atoms with Gasteiger partial charge in [0, 0.05) is 31.5 Å². The summed E-state index contributed by atoms with van der Waals surface area (Å²) in [7, 11) is 0. The van der Waals surface area contributed by atoms with E-state index in [-0.39, 0.29) is 30.3 Å². The van der Waals surface area contributed by atoms with E-state index >= 15 is 0 Å². The minimum Gasteiger partial charge on any atom is -0.480 e. The number of aliphatic carboxylic acids is 1. The Balaban J connectivity index is 1.61. The monoisotopic (exact) mass is 369 g/mol. The number of carboxylic acid groups (broad SMARTS) is 1. The van der Waals surface area contributed by atoms with Crippen LogP contribution in [0, 0.1) is 5.92 Å². The topological polar surface area (TPSA) is 117 Å². The van der Waals surface area contributed by atoms with Crippen molar-refractivity contribution in [2.24, 2.45) is 5.92 Å². The number of urea groups is 1. The molecule has 0 aromatic carbocycles. The second-order valence-electron chi connectivity index (χ2n) is 7.20. The number of carboxylic acids is 1. The van der Waals surface area contributed by atoms with Crippen LogP contribution < -0.4 is 16.0 Å². The van der Waals surface area contributed by atoms with E-state index in [1.807, 2.05) is 0 Å². The van der Waals surface area contributed by atoms with Crippen LogP contribution in [0.15, 0.2) is 0 Å². The van der Waals surface area contributed by atoms with Crippen molar-refractivity contribution < 1.29 is 24.2 Å². The van der Waals surface area contributed by atoms with Crippen LogP contribution in [0.5, 0.6) is 0 Å². The van der Waals surface area contributed by atoms with Crippen molar-refractivity contribution in [1.82, 2.24) is 16.0 Å². The molecule has 0 radical (unpaired) electrons. The number of nitrogens with one attached hydrogen (secondary N) is 3. The van der Waals surface area contributed by atoms with Crippen molar-refractivity contribution in [3.63, 3.8) is 0 Å². The zero-order chi connectivity index (χ0) is 18.8. The van der Waals surface area contributed by atoms with E-state index in [1.165, 1.54) is 6.42 Å². The first kappa shape index (κ1) is 20.5. The summed E-state index contributed by atoms with van der Waals surface area (Å²) in [5.41, 5.74) is 0. The Bertz CT molecular complexity index is 473. The molecular formula is C18H31N3O5. The number of ether oxygens (including phenoxy) is 1. The van der Waals surface area contributed by atoms with Crippen LogP contribution in [-0.2, 0) is 14.3 Å². The van der Waals surface area contributed by atoms with Crippen LogP contribution in [-0.4, -0.2) is 54.9 Å². The molecule has 0 aromatic rings. The smallest absolute Gasteiger partial charge is 0.326 e. The largest absolute Gasteiger partial charge is 0.480 e. The molecule has 2 rings (SSSR count). The van der Waals surface area contributed by atoms with E-state index in [2.05, 4.69) is 16.0 Å². The van der Waals surface area contributed by atoms with Crippen molar-refractivity contribution in [2.45, 2.75) is 69.9 Å². The van der Waals surface area contributed by atoms with Gasteiger partial charge in [-0.15, -0.1) is 0 Å². The molecule has 8 nitrogen and oxygen atoms in total. The highest BCUT2D eigenvalue weighted by atomic mass is 16.5. The van der Waals surface area contributed by atoms with Gasteiger partial charge in [-0.05, 0) is 32.1 Å². The molecule has 4 N–H and O–H groups in total. The average molecular weight is 369 g/mol. The average Bonchev–Trinajstić information content (AvgIpc) is 2.64. The van der Waals surface area contributed by atoms with E-state index in [0.29, 0.717) is 26.2 Å². The lowest BCUT2D eigenvalue weighted by atomic mass is 9.93. The summed E-state index contributed by atoms with van der Waals surface area (Å²) in [6.07, 6.45) is 7.79. The zero-order valence-electron chi connectivity index (χ0n) is 15.3. The van der Waals surface area contributed by atoms with Gasteiger partial charge in [-0.25, -0.2) is 9.59 Å². The number of hydrogen-bond donors (Lipinski definition) is 4. The summed E-state index contributed by atoms with van der Waals surface area (Å²) in [6.45, 7) is 1.39. The number of carbonyl (C=O) groups is 3. The third-order valence-electron chi connectivity index (χ3n) is 5.06. The molecule has 3 amide bonds. The normalized spacial score (nSPS) is 22.2. The van der Waals surface area contributed by atoms with E-state index in [9.17, 15) is 19.5 Å². The molecule has 0 spiro atoms. The van der Waals surface area contributed by atoms with Gasteiger partial charge in [-0.1, -0.05) is 19.3 Å². The first-order valence-corrected chi connectivity index (χ1v) is 9.70. The Hall–Kier alpha value is -1.83. The lowest BCUT2D eigenvalue weighted by molar-refractivity contribution is -0.145. The number of hydrogen-bond acceptors (Lipinski definition) is 4. The maximum absolute atomic E-state index is 12.0. The second-order valence-corrected chi connectivity index (χ2v) is 7.20.